The lowest BCUT2D eigenvalue weighted by molar-refractivity contribution is -0.132. The molecule has 1 heterocycles. The molecule has 4 heteroatoms. The summed E-state index contributed by atoms with van der Waals surface area (Å²) in [5.74, 6) is 0.132. The van der Waals surface area contributed by atoms with Gasteiger partial charge in [0.1, 0.15) is 0 Å². The molecule has 1 aliphatic heterocycles. The standard InChI is InChI=1S/C10H19BN2O.C2H6/c1-8(2)13-7-10(3,4)6-12(11)5-9(13)14;1-2/h8H,5-7H2,1-4H3;1-2H3. The largest absolute Gasteiger partial charge is 0.345 e. The van der Waals surface area contributed by atoms with Gasteiger partial charge in [-0.2, -0.15) is 0 Å². The van der Waals surface area contributed by atoms with Crippen molar-refractivity contribution in [2.45, 2.75) is 47.6 Å². The smallest absolute Gasteiger partial charge is 0.235 e. The molecule has 92 valence electrons. The Hall–Kier alpha value is -0.505. The maximum Gasteiger partial charge on any atom is 0.235 e. The van der Waals surface area contributed by atoms with E-state index in [4.69, 9.17) is 7.98 Å². The van der Waals surface area contributed by atoms with Gasteiger partial charge >= 0.3 is 0 Å². The van der Waals surface area contributed by atoms with Crippen LogP contribution < -0.4 is 0 Å². The van der Waals surface area contributed by atoms with E-state index in [9.17, 15) is 4.79 Å². The molecule has 0 unspecified atom stereocenters. The first kappa shape index (κ1) is 15.5. The van der Waals surface area contributed by atoms with Crippen LogP contribution in [0.4, 0.5) is 0 Å². The number of carbonyl (C=O) groups excluding carboxylic acids is 1. The molecule has 0 aliphatic carbocycles. The van der Waals surface area contributed by atoms with Crippen molar-refractivity contribution in [3.05, 3.63) is 0 Å². The zero-order valence-corrected chi connectivity index (χ0v) is 11.6. The number of nitrogens with zero attached hydrogens (tertiary/aromatic N) is 2. The van der Waals surface area contributed by atoms with Crippen molar-refractivity contribution in [3.63, 3.8) is 0 Å². The first-order valence-electron chi connectivity index (χ1n) is 6.11. The highest BCUT2D eigenvalue weighted by Crippen LogP contribution is 2.22. The van der Waals surface area contributed by atoms with Crippen molar-refractivity contribution in [2.24, 2.45) is 5.41 Å². The summed E-state index contributed by atoms with van der Waals surface area (Å²) >= 11 is 0. The minimum Gasteiger partial charge on any atom is -0.345 e. The molecule has 0 aromatic carbocycles. The summed E-state index contributed by atoms with van der Waals surface area (Å²) in [4.78, 5) is 15.3. The number of amides is 1. The Morgan fingerprint density at radius 1 is 1.25 bits per heavy atom. The topological polar surface area (TPSA) is 23.6 Å². The summed E-state index contributed by atoms with van der Waals surface area (Å²) in [6, 6.07) is 0.258. The van der Waals surface area contributed by atoms with Gasteiger partial charge in [0.2, 0.25) is 5.91 Å². The zero-order valence-electron chi connectivity index (χ0n) is 11.6. The number of carbonyl (C=O) groups is 1. The normalized spacial score (nSPS) is 21.4. The molecule has 0 N–H and O–H groups in total. The Morgan fingerprint density at radius 3 is 2.19 bits per heavy atom. The van der Waals surface area contributed by atoms with Gasteiger partial charge in [-0.25, -0.2) is 0 Å². The average molecular weight is 224 g/mol. The van der Waals surface area contributed by atoms with Crippen molar-refractivity contribution in [1.29, 1.82) is 0 Å². The SMILES string of the molecule is CC.[B]N1CC(=O)N(C(C)C)CC(C)(C)C1. The van der Waals surface area contributed by atoms with Gasteiger partial charge in [-0.1, -0.05) is 27.7 Å². The third kappa shape index (κ3) is 4.56. The molecule has 0 aromatic heterocycles. The third-order valence-electron chi connectivity index (χ3n) is 2.51. The Kier molecular flexibility index (Phi) is 6.09. The monoisotopic (exact) mass is 224 g/mol. The lowest BCUT2D eigenvalue weighted by Crippen LogP contribution is -2.42. The van der Waals surface area contributed by atoms with Crippen LogP contribution in [0.1, 0.15) is 41.5 Å². The molecule has 1 aliphatic rings. The van der Waals surface area contributed by atoms with E-state index in [1.54, 1.807) is 4.81 Å². The average Bonchev–Trinajstić information content (AvgIpc) is 2.25. The zero-order chi connectivity index (χ0) is 12.9. The van der Waals surface area contributed by atoms with Gasteiger partial charge in [-0.3, -0.25) is 4.79 Å². The van der Waals surface area contributed by atoms with Crippen LogP contribution >= 0.6 is 0 Å². The quantitative estimate of drug-likeness (QED) is 0.632. The molecule has 1 fully saturated rings. The van der Waals surface area contributed by atoms with Gasteiger partial charge < -0.3 is 9.71 Å². The summed E-state index contributed by atoms with van der Waals surface area (Å²) < 4.78 is 0. The molecule has 2 radical (unpaired) electrons. The van der Waals surface area contributed by atoms with Gasteiger partial charge in [0.15, 0.2) is 7.98 Å². The van der Waals surface area contributed by atoms with Crippen LogP contribution in [0.2, 0.25) is 0 Å². The molecule has 0 spiro atoms. The highest BCUT2D eigenvalue weighted by molar-refractivity contribution is 6.06. The van der Waals surface area contributed by atoms with Crippen molar-refractivity contribution >= 4 is 13.9 Å². The molecular weight excluding hydrogens is 199 g/mol. The van der Waals surface area contributed by atoms with Crippen molar-refractivity contribution in [2.75, 3.05) is 19.6 Å². The van der Waals surface area contributed by atoms with E-state index < -0.39 is 0 Å². The summed E-state index contributed by atoms with van der Waals surface area (Å²) in [6.07, 6.45) is 0. The van der Waals surface area contributed by atoms with E-state index in [0.29, 0.717) is 6.54 Å². The van der Waals surface area contributed by atoms with Crippen LogP contribution in [0.3, 0.4) is 0 Å². The van der Waals surface area contributed by atoms with Crippen LogP contribution in [-0.4, -0.2) is 49.3 Å². The van der Waals surface area contributed by atoms with Gasteiger partial charge in [0.25, 0.3) is 0 Å². The second-order valence-corrected chi connectivity index (χ2v) is 5.18. The maximum atomic E-state index is 11.8. The van der Waals surface area contributed by atoms with E-state index in [-0.39, 0.29) is 17.4 Å². The number of hydrogen-bond acceptors (Lipinski definition) is 2. The fourth-order valence-corrected chi connectivity index (χ4v) is 1.94. The molecule has 16 heavy (non-hydrogen) atoms. The molecule has 1 saturated heterocycles. The Balaban J connectivity index is 0.00000106. The van der Waals surface area contributed by atoms with E-state index in [1.807, 2.05) is 32.6 Å². The minimum atomic E-state index is 0.0746. The fraction of sp³-hybridized carbons (Fsp3) is 0.917. The molecule has 3 nitrogen and oxygen atoms in total. The number of rotatable bonds is 1. The predicted octanol–water partition coefficient (Wildman–Crippen LogP) is 1.67. The Bertz CT molecular complexity index is 229. The van der Waals surface area contributed by atoms with Gasteiger partial charge in [-0.05, 0) is 25.8 Å². The van der Waals surface area contributed by atoms with Crippen molar-refractivity contribution in [1.82, 2.24) is 9.71 Å². The fourth-order valence-electron chi connectivity index (χ4n) is 1.94. The van der Waals surface area contributed by atoms with Crippen molar-refractivity contribution < 1.29 is 4.79 Å². The van der Waals surface area contributed by atoms with Gasteiger partial charge in [0.05, 0.1) is 6.54 Å². The lowest BCUT2D eigenvalue weighted by Gasteiger charge is -2.32. The molecule has 0 saturated carbocycles. The van der Waals surface area contributed by atoms with E-state index >= 15 is 0 Å². The van der Waals surface area contributed by atoms with Crippen LogP contribution in [0.15, 0.2) is 0 Å². The second kappa shape index (κ2) is 6.28. The molecule has 0 aromatic rings. The first-order chi connectivity index (χ1) is 7.32. The Morgan fingerprint density at radius 2 is 1.75 bits per heavy atom. The van der Waals surface area contributed by atoms with Crippen LogP contribution in [-0.2, 0) is 4.79 Å². The van der Waals surface area contributed by atoms with Crippen LogP contribution in [0, 0.1) is 5.41 Å². The molecular formula is C12H25BN2O. The summed E-state index contributed by atoms with van der Waals surface area (Å²) in [6.45, 7) is 14.3. The first-order valence-corrected chi connectivity index (χ1v) is 6.11. The van der Waals surface area contributed by atoms with Gasteiger partial charge in [0, 0.05) is 12.6 Å². The predicted molar refractivity (Wildman–Crippen MR) is 69.3 cm³/mol. The van der Waals surface area contributed by atoms with Crippen LogP contribution in [0.25, 0.3) is 0 Å². The van der Waals surface area contributed by atoms with E-state index in [0.717, 1.165) is 13.1 Å². The molecule has 0 bridgehead atoms. The molecule has 1 rings (SSSR count). The van der Waals surface area contributed by atoms with Crippen molar-refractivity contribution in [3.8, 4) is 0 Å². The Labute approximate surface area is 102 Å². The summed E-state index contributed by atoms with van der Waals surface area (Å²) in [7, 11) is 5.75. The summed E-state index contributed by atoms with van der Waals surface area (Å²) in [5, 5.41) is 0. The minimum absolute atomic E-state index is 0.0746. The molecule has 0 atom stereocenters. The maximum absolute atomic E-state index is 11.8. The van der Waals surface area contributed by atoms with E-state index in [2.05, 4.69) is 13.8 Å². The van der Waals surface area contributed by atoms with E-state index in [1.165, 1.54) is 0 Å². The highest BCUT2D eigenvalue weighted by Gasteiger charge is 2.31. The molecule has 1 amide bonds. The third-order valence-corrected chi connectivity index (χ3v) is 2.51. The highest BCUT2D eigenvalue weighted by atomic mass is 16.2. The lowest BCUT2D eigenvalue weighted by atomic mass is 9.91. The summed E-state index contributed by atoms with van der Waals surface area (Å²) in [5.41, 5.74) is 0.0746. The number of hydrogen-bond donors (Lipinski definition) is 0. The second-order valence-electron chi connectivity index (χ2n) is 5.18. The van der Waals surface area contributed by atoms with Gasteiger partial charge in [-0.15, -0.1) is 0 Å². The van der Waals surface area contributed by atoms with Crippen LogP contribution in [0.5, 0.6) is 0 Å².